The summed E-state index contributed by atoms with van der Waals surface area (Å²) >= 11 is 0. The molecule has 0 amide bonds. The Bertz CT molecular complexity index is 1370. The van der Waals surface area contributed by atoms with Gasteiger partial charge in [-0.25, -0.2) is 4.98 Å². The molecule has 0 bridgehead atoms. The highest BCUT2D eigenvalue weighted by Gasteiger charge is 2.49. The van der Waals surface area contributed by atoms with Crippen molar-refractivity contribution in [1.29, 1.82) is 0 Å². The number of aryl methyl sites for hydroxylation is 1. The molecule has 0 saturated carbocycles. The Balaban J connectivity index is 1.59. The highest BCUT2D eigenvalue weighted by atomic mass is 16.1. The molecule has 4 nitrogen and oxygen atoms in total. The second kappa shape index (κ2) is 8.15. The van der Waals surface area contributed by atoms with E-state index in [1.807, 2.05) is 18.5 Å². The quantitative estimate of drug-likeness (QED) is 0.465. The third-order valence-electron chi connectivity index (χ3n) is 8.27. The summed E-state index contributed by atoms with van der Waals surface area (Å²) in [5.74, 6) is 1.14. The number of carbonyl (C=O) groups is 1. The Kier molecular flexibility index (Phi) is 5.17. The molecule has 3 aliphatic rings. The molecule has 1 N–H and O–H groups in total. The van der Waals surface area contributed by atoms with Crippen LogP contribution in [-0.4, -0.2) is 15.8 Å². The number of hydrogen-bond donors (Lipinski definition) is 1. The van der Waals surface area contributed by atoms with Gasteiger partial charge in [0.25, 0.3) is 0 Å². The summed E-state index contributed by atoms with van der Waals surface area (Å²) in [5, 5.41) is 3.57. The lowest BCUT2D eigenvalue weighted by Gasteiger charge is -2.46. The van der Waals surface area contributed by atoms with E-state index in [2.05, 4.69) is 67.5 Å². The van der Waals surface area contributed by atoms with Crippen LogP contribution in [0.2, 0.25) is 0 Å². The number of carbonyl (C=O) groups excluding carboxylic acids is 1. The molecule has 0 spiro atoms. The van der Waals surface area contributed by atoms with E-state index >= 15 is 0 Å². The fourth-order valence-electron chi connectivity index (χ4n) is 6.77. The molecule has 3 aromatic rings. The van der Waals surface area contributed by atoms with Gasteiger partial charge in [-0.3, -0.25) is 9.78 Å². The molecule has 3 heterocycles. The number of allylic oxidation sites excluding steroid dienone is 2. The van der Waals surface area contributed by atoms with Crippen LogP contribution in [0.3, 0.4) is 0 Å². The van der Waals surface area contributed by atoms with Crippen LogP contribution in [0.15, 0.2) is 66.1 Å². The average molecular weight is 464 g/mol. The minimum Gasteiger partial charge on any atom is -0.343 e. The zero-order valence-electron chi connectivity index (χ0n) is 20.9. The second-order valence-corrected chi connectivity index (χ2v) is 11.1. The van der Waals surface area contributed by atoms with Crippen molar-refractivity contribution < 1.29 is 4.79 Å². The number of anilines is 1. The summed E-state index contributed by atoms with van der Waals surface area (Å²) in [7, 11) is 0. The molecule has 2 aliphatic carbocycles. The van der Waals surface area contributed by atoms with Crippen LogP contribution >= 0.6 is 0 Å². The van der Waals surface area contributed by atoms with Gasteiger partial charge >= 0.3 is 0 Å². The molecule has 1 atom stereocenters. The largest absolute Gasteiger partial charge is 0.343 e. The smallest absolute Gasteiger partial charge is 0.162 e. The summed E-state index contributed by atoms with van der Waals surface area (Å²) in [5.41, 5.74) is 8.82. The number of nitrogens with zero attached hydrogens (tertiary/aromatic N) is 2. The first-order valence-electron chi connectivity index (χ1n) is 13.0. The van der Waals surface area contributed by atoms with Gasteiger partial charge in [-0.1, -0.05) is 45.0 Å². The predicted octanol–water partition coefficient (Wildman–Crippen LogP) is 6.79. The molecule has 0 unspecified atom stereocenters. The number of benzene rings is 1. The number of rotatable bonds is 3. The maximum Gasteiger partial charge on any atom is 0.162 e. The topological polar surface area (TPSA) is 54.9 Å². The van der Waals surface area contributed by atoms with Crippen LogP contribution in [0.4, 0.5) is 5.82 Å². The third-order valence-corrected chi connectivity index (χ3v) is 8.27. The van der Waals surface area contributed by atoms with Gasteiger partial charge in [-0.05, 0) is 84.4 Å². The molecular formula is C31H33N3O. The third kappa shape index (κ3) is 3.45. The van der Waals surface area contributed by atoms with Crippen molar-refractivity contribution >= 4 is 11.6 Å². The Hall–Kier alpha value is -3.27. The lowest BCUT2D eigenvalue weighted by Crippen LogP contribution is -2.43. The molecule has 1 aromatic carbocycles. The summed E-state index contributed by atoms with van der Waals surface area (Å²) in [4.78, 5) is 23.2. The van der Waals surface area contributed by atoms with Gasteiger partial charge in [0, 0.05) is 41.3 Å². The SMILES string of the molecule is CC[C@@]1(c2cccc(-c3ccnc4c3CCCC4)c2)C2=C(CC(C)(C)CC2=O)Nc2ncccc21. The number of aromatic nitrogens is 2. The first kappa shape index (κ1) is 22.2. The minimum absolute atomic E-state index is 0.0629. The molecule has 1 aliphatic heterocycles. The highest BCUT2D eigenvalue weighted by molar-refractivity contribution is 6.03. The van der Waals surface area contributed by atoms with Crippen molar-refractivity contribution in [3.8, 4) is 11.1 Å². The van der Waals surface area contributed by atoms with Crippen molar-refractivity contribution in [2.75, 3.05) is 5.32 Å². The molecule has 4 heteroatoms. The molecule has 2 aromatic heterocycles. The van der Waals surface area contributed by atoms with E-state index in [1.54, 1.807) is 0 Å². The lowest BCUT2D eigenvalue weighted by atomic mass is 9.59. The van der Waals surface area contributed by atoms with E-state index in [9.17, 15) is 4.79 Å². The summed E-state index contributed by atoms with van der Waals surface area (Å²) < 4.78 is 0. The van der Waals surface area contributed by atoms with Crippen LogP contribution in [0, 0.1) is 5.41 Å². The van der Waals surface area contributed by atoms with Gasteiger partial charge in [0.15, 0.2) is 5.78 Å². The van der Waals surface area contributed by atoms with Gasteiger partial charge in [0.2, 0.25) is 0 Å². The Labute approximate surface area is 207 Å². The van der Waals surface area contributed by atoms with Crippen molar-refractivity contribution in [3.63, 3.8) is 0 Å². The zero-order chi connectivity index (χ0) is 24.2. The molecular weight excluding hydrogens is 430 g/mol. The minimum atomic E-state index is -0.513. The van der Waals surface area contributed by atoms with E-state index in [0.29, 0.717) is 6.42 Å². The maximum atomic E-state index is 13.8. The summed E-state index contributed by atoms with van der Waals surface area (Å²) in [6.45, 7) is 6.58. The molecule has 0 fully saturated rings. The number of hydrogen-bond acceptors (Lipinski definition) is 4. The van der Waals surface area contributed by atoms with Crippen molar-refractivity contribution in [1.82, 2.24) is 9.97 Å². The van der Waals surface area contributed by atoms with Crippen molar-refractivity contribution in [2.24, 2.45) is 5.41 Å². The fraction of sp³-hybridized carbons (Fsp3) is 0.387. The van der Waals surface area contributed by atoms with Crippen molar-refractivity contribution in [3.05, 3.63) is 88.5 Å². The predicted molar refractivity (Wildman–Crippen MR) is 140 cm³/mol. The number of pyridine rings is 2. The normalized spacial score (nSPS) is 22.7. The Morgan fingerprint density at radius 3 is 2.69 bits per heavy atom. The van der Waals surface area contributed by atoms with Gasteiger partial charge in [0.05, 0.1) is 5.41 Å². The van der Waals surface area contributed by atoms with E-state index in [0.717, 1.165) is 48.3 Å². The second-order valence-electron chi connectivity index (χ2n) is 11.1. The van der Waals surface area contributed by atoms with Crippen LogP contribution in [0.5, 0.6) is 0 Å². The summed E-state index contributed by atoms with van der Waals surface area (Å²) in [6.07, 6.45) is 10.6. The van der Waals surface area contributed by atoms with E-state index in [-0.39, 0.29) is 11.2 Å². The molecule has 35 heavy (non-hydrogen) atoms. The zero-order valence-corrected chi connectivity index (χ0v) is 20.9. The van der Waals surface area contributed by atoms with Crippen LogP contribution in [0.25, 0.3) is 11.1 Å². The Morgan fingerprint density at radius 1 is 0.971 bits per heavy atom. The summed E-state index contributed by atoms with van der Waals surface area (Å²) in [6, 6.07) is 15.2. The van der Waals surface area contributed by atoms with Crippen LogP contribution in [0.1, 0.15) is 75.3 Å². The van der Waals surface area contributed by atoms with E-state index < -0.39 is 5.41 Å². The van der Waals surface area contributed by atoms with Gasteiger partial charge in [-0.2, -0.15) is 0 Å². The number of nitrogens with one attached hydrogen (secondary N) is 1. The molecule has 178 valence electrons. The number of ketones is 1. The monoisotopic (exact) mass is 463 g/mol. The number of fused-ring (bicyclic) bond motifs is 2. The van der Waals surface area contributed by atoms with E-state index in [1.165, 1.54) is 40.8 Å². The van der Waals surface area contributed by atoms with Crippen molar-refractivity contribution in [2.45, 2.75) is 71.1 Å². The van der Waals surface area contributed by atoms with Crippen LogP contribution in [-0.2, 0) is 23.1 Å². The van der Waals surface area contributed by atoms with Crippen LogP contribution < -0.4 is 5.32 Å². The fourth-order valence-corrected chi connectivity index (χ4v) is 6.77. The highest BCUT2D eigenvalue weighted by Crippen LogP contribution is 2.54. The average Bonchev–Trinajstić information content (AvgIpc) is 2.86. The number of Topliss-reactive ketones (excluding diaryl/α,β-unsaturated/α-hetero) is 1. The molecule has 6 rings (SSSR count). The Morgan fingerprint density at radius 2 is 1.83 bits per heavy atom. The molecule has 0 radical (unpaired) electrons. The van der Waals surface area contributed by atoms with Gasteiger partial charge in [-0.15, -0.1) is 0 Å². The van der Waals surface area contributed by atoms with Gasteiger partial charge < -0.3 is 5.32 Å². The maximum absolute atomic E-state index is 13.8. The van der Waals surface area contributed by atoms with Gasteiger partial charge in [0.1, 0.15) is 5.82 Å². The van der Waals surface area contributed by atoms with E-state index in [4.69, 9.17) is 4.98 Å². The lowest BCUT2D eigenvalue weighted by molar-refractivity contribution is -0.118. The first-order chi connectivity index (χ1) is 16.9. The first-order valence-corrected chi connectivity index (χ1v) is 13.0. The standard InChI is InChI=1S/C31H33N3O/c1-4-31(21-10-7-9-20(17-21)22-14-16-32-25-13-6-5-11-23(22)25)24-12-8-15-33-29(24)34-26-18-30(2,3)19-27(35)28(26)31/h7-10,12,14-17H,4-6,11,13,18-19H2,1-3H3,(H,33,34)/t31-/m0/s1. The molecule has 0 saturated heterocycles.